The number of nitrogens with zero attached hydrogens (tertiary/aromatic N) is 2. The van der Waals surface area contributed by atoms with Crippen molar-refractivity contribution in [2.45, 2.75) is 19.1 Å². The number of nitrogens with one attached hydrogen (secondary N) is 5. The molecule has 0 radical (unpaired) electrons. The van der Waals surface area contributed by atoms with Crippen LogP contribution in [0.25, 0.3) is 10.9 Å². The molecule has 5 rings (SSSR count). The van der Waals surface area contributed by atoms with Crippen LogP contribution in [0.3, 0.4) is 0 Å². The Balaban J connectivity index is 1.05. The van der Waals surface area contributed by atoms with E-state index < -0.39 is 6.29 Å². The summed E-state index contributed by atoms with van der Waals surface area (Å²) >= 11 is 0. The van der Waals surface area contributed by atoms with Gasteiger partial charge in [-0.3, -0.25) is 9.59 Å². The fraction of sp³-hybridized carbons (Fsp3) is 0.257. The quantitative estimate of drug-likeness (QED) is 0.127. The normalized spacial score (nSPS) is 15.3. The number of dihydropyridines is 2. The van der Waals surface area contributed by atoms with E-state index in [1.54, 1.807) is 65.0 Å². The van der Waals surface area contributed by atoms with Gasteiger partial charge in [0, 0.05) is 68.0 Å². The zero-order chi connectivity index (χ0) is 33.9. The molecule has 2 aliphatic heterocycles. The van der Waals surface area contributed by atoms with Gasteiger partial charge in [0.1, 0.15) is 12.1 Å². The Morgan fingerprint density at radius 2 is 1.48 bits per heavy atom. The van der Waals surface area contributed by atoms with Gasteiger partial charge in [0.15, 0.2) is 17.8 Å². The lowest BCUT2D eigenvalue weighted by Crippen LogP contribution is -2.29. The van der Waals surface area contributed by atoms with Crippen molar-refractivity contribution in [2.24, 2.45) is 0 Å². The molecule has 3 heterocycles. The highest BCUT2D eigenvalue weighted by Gasteiger charge is 2.16. The van der Waals surface area contributed by atoms with Crippen LogP contribution in [0.2, 0.25) is 0 Å². The number of aromatic nitrogens is 2. The molecule has 2 aromatic carbocycles. The molecule has 3 aromatic rings. The maximum Gasteiger partial charge on any atom is 0.252 e. The number of hydrogen-bond donors (Lipinski definition) is 5. The molecule has 13 heteroatoms. The highest BCUT2D eigenvalue weighted by atomic mass is 16.7. The number of unbranched alkanes of at least 4 members (excludes halogenated alkanes) is 1. The summed E-state index contributed by atoms with van der Waals surface area (Å²) in [5, 5.41) is 16.3. The Bertz CT molecular complexity index is 1810. The number of hydrogen-bond acceptors (Lipinski definition) is 11. The Labute approximate surface area is 278 Å². The average molecular weight is 654 g/mol. The van der Waals surface area contributed by atoms with Gasteiger partial charge in [0.2, 0.25) is 0 Å². The van der Waals surface area contributed by atoms with Crippen molar-refractivity contribution in [3.63, 3.8) is 0 Å². The van der Waals surface area contributed by atoms with Gasteiger partial charge < -0.3 is 45.5 Å². The van der Waals surface area contributed by atoms with Gasteiger partial charge in [-0.1, -0.05) is 12.1 Å². The van der Waals surface area contributed by atoms with Crippen molar-refractivity contribution in [2.75, 3.05) is 46.8 Å². The van der Waals surface area contributed by atoms with Gasteiger partial charge in [0.25, 0.3) is 11.8 Å². The lowest BCUT2D eigenvalue weighted by atomic mass is 10.1. The van der Waals surface area contributed by atoms with E-state index in [0.717, 1.165) is 22.4 Å². The zero-order valence-corrected chi connectivity index (χ0v) is 27.3. The first-order chi connectivity index (χ1) is 23.4. The third-order valence-electron chi connectivity index (χ3n) is 7.61. The predicted molar refractivity (Wildman–Crippen MR) is 182 cm³/mol. The topological polar surface area (TPSA) is 157 Å². The summed E-state index contributed by atoms with van der Waals surface area (Å²) in [5.74, 6) is 1.33. The van der Waals surface area contributed by atoms with Crippen LogP contribution in [-0.4, -0.2) is 69.6 Å². The average Bonchev–Trinajstić information content (AvgIpc) is 3.13. The number of ether oxygens (including phenoxy) is 4. The second-order valence-electron chi connectivity index (χ2n) is 10.7. The molecule has 0 fully saturated rings. The number of amides is 2. The van der Waals surface area contributed by atoms with Crippen molar-refractivity contribution in [3.8, 4) is 11.5 Å². The van der Waals surface area contributed by atoms with E-state index in [9.17, 15) is 9.59 Å². The smallest absolute Gasteiger partial charge is 0.252 e. The maximum atomic E-state index is 12.9. The van der Waals surface area contributed by atoms with Gasteiger partial charge in [-0.25, -0.2) is 9.97 Å². The standard InChI is InChI=1S/C35H39N7O6/c1-45-30-17-26-29(18-31(30)46-2)40-21-41-32(26)42-25-9-7-8-22(16-25)33(43)36-14-5-6-15-37-34(44)23-10-12-27(38-19-23)28-13-11-24(20-39-28)35(47-3)48-4/h7-13,16-21,35,38-39H,5-6,14-15H2,1-4H3,(H,36,43)(H,37,44)(H,40,41,42). The fourth-order valence-corrected chi connectivity index (χ4v) is 5.07. The number of carbonyl (C=O) groups excluding carboxylic acids is 2. The molecular weight excluding hydrogens is 614 g/mol. The molecule has 0 saturated heterocycles. The Kier molecular flexibility index (Phi) is 11.4. The summed E-state index contributed by atoms with van der Waals surface area (Å²) in [6, 6.07) is 10.8. The van der Waals surface area contributed by atoms with E-state index in [1.165, 1.54) is 6.33 Å². The first-order valence-corrected chi connectivity index (χ1v) is 15.3. The summed E-state index contributed by atoms with van der Waals surface area (Å²) in [4.78, 5) is 34.2. The van der Waals surface area contributed by atoms with E-state index in [2.05, 4.69) is 36.6 Å². The van der Waals surface area contributed by atoms with Gasteiger partial charge in [0.05, 0.1) is 36.7 Å². The molecular formula is C35H39N7O6. The first-order valence-electron chi connectivity index (χ1n) is 15.3. The number of allylic oxidation sites excluding steroid dienone is 2. The Morgan fingerprint density at radius 3 is 2.12 bits per heavy atom. The van der Waals surface area contributed by atoms with Crippen LogP contribution in [0.1, 0.15) is 23.2 Å². The minimum atomic E-state index is -0.447. The van der Waals surface area contributed by atoms with Gasteiger partial charge >= 0.3 is 0 Å². The fourth-order valence-electron chi connectivity index (χ4n) is 5.07. The molecule has 1 aromatic heterocycles. The second-order valence-corrected chi connectivity index (χ2v) is 10.7. The summed E-state index contributed by atoms with van der Waals surface area (Å²) in [7, 11) is 6.31. The molecule has 48 heavy (non-hydrogen) atoms. The molecule has 250 valence electrons. The predicted octanol–water partition coefficient (Wildman–Crippen LogP) is 3.93. The van der Waals surface area contributed by atoms with Crippen LogP contribution >= 0.6 is 0 Å². The molecule has 0 aliphatic carbocycles. The third kappa shape index (κ3) is 8.18. The van der Waals surface area contributed by atoms with Crippen LogP contribution in [0.15, 0.2) is 102 Å². The summed E-state index contributed by atoms with van der Waals surface area (Å²) < 4.78 is 21.4. The molecule has 13 nitrogen and oxygen atoms in total. The van der Waals surface area contributed by atoms with E-state index in [0.29, 0.717) is 65.6 Å². The van der Waals surface area contributed by atoms with Crippen LogP contribution in [0, 0.1) is 0 Å². The SMILES string of the molecule is COc1cc2ncnc(Nc3cccc(C(=O)NCCCCNC(=O)C4=CNC(=C5C=CC(C(OC)OC)=CN5)C=C4)c3)c2cc1OC. The van der Waals surface area contributed by atoms with Crippen molar-refractivity contribution >= 4 is 34.2 Å². The first kappa shape index (κ1) is 33.7. The van der Waals surface area contributed by atoms with E-state index in [-0.39, 0.29) is 11.8 Å². The number of benzene rings is 2. The Morgan fingerprint density at radius 1 is 0.792 bits per heavy atom. The monoisotopic (exact) mass is 653 g/mol. The number of rotatable bonds is 14. The lowest BCUT2D eigenvalue weighted by molar-refractivity contribution is -0.117. The lowest BCUT2D eigenvalue weighted by Gasteiger charge is -2.20. The van der Waals surface area contributed by atoms with E-state index >= 15 is 0 Å². The highest BCUT2D eigenvalue weighted by molar-refractivity contribution is 5.97. The van der Waals surface area contributed by atoms with E-state index in [4.69, 9.17) is 18.9 Å². The minimum Gasteiger partial charge on any atom is -0.493 e. The maximum absolute atomic E-state index is 12.9. The minimum absolute atomic E-state index is 0.178. The number of anilines is 2. The van der Waals surface area contributed by atoms with Crippen molar-refractivity contribution in [1.29, 1.82) is 0 Å². The number of fused-ring (bicyclic) bond motifs is 1. The number of carbonyl (C=O) groups is 2. The molecule has 0 spiro atoms. The third-order valence-corrected chi connectivity index (χ3v) is 7.61. The van der Waals surface area contributed by atoms with Gasteiger partial charge in [-0.2, -0.15) is 0 Å². The van der Waals surface area contributed by atoms with Crippen LogP contribution in [0.5, 0.6) is 11.5 Å². The summed E-state index contributed by atoms with van der Waals surface area (Å²) in [5.41, 5.74) is 4.95. The van der Waals surface area contributed by atoms with Crippen molar-refractivity contribution in [1.82, 2.24) is 31.2 Å². The Hall–Kier alpha value is -5.66. The number of methoxy groups -OCH3 is 4. The molecule has 0 atom stereocenters. The molecule has 0 unspecified atom stereocenters. The molecule has 5 N–H and O–H groups in total. The van der Waals surface area contributed by atoms with Gasteiger partial charge in [-0.15, -0.1) is 0 Å². The van der Waals surface area contributed by atoms with Crippen LogP contribution in [0.4, 0.5) is 11.5 Å². The van der Waals surface area contributed by atoms with Gasteiger partial charge in [-0.05, 0) is 55.3 Å². The highest BCUT2D eigenvalue weighted by Crippen LogP contribution is 2.34. The second kappa shape index (κ2) is 16.3. The summed E-state index contributed by atoms with van der Waals surface area (Å²) in [6.07, 6.45) is 13.3. The van der Waals surface area contributed by atoms with E-state index in [1.807, 2.05) is 36.6 Å². The van der Waals surface area contributed by atoms with Crippen molar-refractivity contribution < 1.29 is 28.5 Å². The molecule has 2 aliphatic rings. The van der Waals surface area contributed by atoms with Crippen LogP contribution in [-0.2, 0) is 14.3 Å². The molecule has 2 amide bonds. The zero-order valence-electron chi connectivity index (χ0n) is 27.3. The largest absolute Gasteiger partial charge is 0.493 e. The molecule has 0 bridgehead atoms. The van der Waals surface area contributed by atoms with Crippen LogP contribution < -0.4 is 36.1 Å². The van der Waals surface area contributed by atoms with Crippen molar-refractivity contribution in [3.05, 3.63) is 108 Å². The summed E-state index contributed by atoms with van der Waals surface area (Å²) in [6.45, 7) is 0.951. The molecule has 0 saturated carbocycles.